The highest BCUT2D eigenvalue weighted by molar-refractivity contribution is 9.10. The van der Waals surface area contributed by atoms with Crippen molar-refractivity contribution < 1.29 is 0 Å². The van der Waals surface area contributed by atoms with Crippen molar-refractivity contribution >= 4 is 27.5 Å². The molecule has 17 heavy (non-hydrogen) atoms. The second-order valence-electron chi connectivity index (χ2n) is 3.78. The lowest BCUT2D eigenvalue weighted by Crippen LogP contribution is -2.03. The Hall–Kier alpha value is -0.840. The van der Waals surface area contributed by atoms with Gasteiger partial charge < -0.3 is 10.3 Å². The second-order valence-corrected chi connectivity index (χ2v) is 5.05. The molecule has 2 aromatic rings. The van der Waals surface area contributed by atoms with Crippen LogP contribution in [0.5, 0.6) is 0 Å². The summed E-state index contributed by atoms with van der Waals surface area (Å²) in [4.78, 5) is 4.53. The Balaban J connectivity index is 2.45. The van der Waals surface area contributed by atoms with Crippen LogP contribution < -0.4 is 5.73 Å². The van der Waals surface area contributed by atoms with Crippen molar-refractivity contribution in [1.82, 2.24) is 9.55 Å². The van der Waals surface area contributed by atoms with Crippen LogP contribution in [0.3, 0.4) is 0 Å². The van der Waals surface area contributed by atoms with Gasteiger partial charge in [-0.2, -0.15) is 0 Å². The molecule has 0 spiro atoms. The van der Waals surface area contributed by atoms with Gasteiger partial charge >= 0.3 is 0 Å². The first-order valence-corrected chi connectivity index (χ1v) is 6.47. The molecule has 1 aromatic carbocycles. The second kappa shape index (κ2) is 5.21. The van der Waals surface area contributed by atoms with Crippen LogP contribution in [-0.2, 0) is 13.5 Å². The average molecular weight is 315 g/mol. The van der Waals surface area contributed by atoms with E-state index >= 15 is 0 Å². The van der Waals surface area contributed by atoms with Crippen molar-refractivity contribution in [3.05, 3.63) is 39.6 Å². The quantitative estimate of drug-likeness (QED) is 0.946. The van der Waals surface area contributed by atoms with E-state index in [1.165, 1.54) is 0 Å². The van der Waals surface area contributed by atoms with Crippen LogP contribution >= 0.6 is 27.5 Å². The molecule has 0 aliphatic rings. The van der Waals surface area contributed by atoms with Gasteiger partial charge in [0, 0.05) is 23.5 Å². The number of aromatic nitrogens is 2. The molecule has 2 rings (SSSR count). The van der Waals surface area contributed by atoms with Crippen LogP contribution in [0, 0.1) is 0 Å². The molecule has 2 N–H and O–H groups in total. The van der Waals surface area contributed by atoms with Gasteiger partial charge in [-0.3, -0.25) is 0 Å². The minimum atomic E-state index is 0.552. The smallest absolute Gasteiger partial charge is 0.141 e. The highest BCUT2D eigenvalue weighted by Crippen LogP contribution is 2.26. The number of nitrogens with zero attached hydrogens (tertiary/aromatic N) is 2. The molecule has 0 unspecified atom stereocenters. The Morgan fingerprint density at radius 1 is 1.35 bits per heavy atom. The van der Waals surface area contributed by atoms with E-state index in [0.717, 1.165) is 21.6 Å². The molecule has 0 saturated carbocycles. The summed E-state index contributed by atoms with van der Waals surface area (Å²) >= 11 is 9.62. The van der Waals surface area contributed by atoms with Gasteiger partial charge in [0.1, 0.15) is 11.0 Å². The van der Waals surface area contributed by atoms with Crippen molar-refractivity contribution in [2.24, 2.45) is 12.8 Å². The monoisotopic (exact) mass is 313 g/mol. The molecule has 0 atom stereocenters. The lowest BCUT2D eigenvalue weighted by atomic mass is 10.2. The van der Waals surface area contributed by atoms with Gasteiger partial charge in [-0.15, -0.1) is 0 Å². The molecule has 0 bridgehead atoms. The third-order valence-electron chi connectivity index (χ3n) is 2.57. The highest BCUT2D eigenvalue weighted by Gasteiger charge is 2.13. The van der Waals surface area contributed by atoms with E-state index in [2.05, 4.69) is 20.9 Å². The van der Waals surface area contributed by atoms with E-state index in [4.69, 9.17) is 17.3 Å². The molecule has 0 radical (unpaired) electrons. The maximum absolute atomic E-state index is 6.21. The Morgan fingerprint density at radius 2 is 2.00 bits per heavy atom. The lowest BCUT2D eigenvalue weighted by molar-refractivity contribution is 0.913. The summed E-state index contributed by atoms with van der Waals surface area (Å²) in [6, 6.07) is 7.99. The molecular formula is C12H13BrClN3. The van der Waals surface area contributed by atoms with Crippen LogP contribution in [0.4, 0.5) is 0 Å². The van der Waals surface area contributed by atoms with E-state index in [0.29, 0.717) is 18.1 Å². The standard InChI is InChI=1S/C12H13BrClN3/c1-17-11(14)10(6-7-15)16-12(17)8-2-4-9(13)5-3-8/h2-5H,6-7,15H2,1H3. The maximum atomic E-state index is 6.21. The predicted octanol–water partition coefficient (Wildman–Crippen LogP) is 3.00. The van der Waals surface area contributed by atoms with E-state index in [9.17, 15) is 0 Å². The van der Waals surface area contributed by atoms with Crippen molar-refractivity contribution in [2.75, 3.05) is 6.54 Å². The molecule has 90 valence electrons. The van der Waals surface area contributed by atoms with Gasteiger partial charge in [0.05, 0.1) is 5.69 Å². The predicted molar refractivity (Wildman–Crippen MR) is 74.1 cm³/mol. The van der Waals surface area contributed by atoms with E-state index in [-0.39, 0.29) is 0 Å². The van der Waals surface area contributed by atoms with Crippen LogP contribution in [0.15, 0.2) is 28.7 Å². The van der Waals surface area contributed by atoms with Crippen LogP contribution in [0.25, 0.3) is 11.4 Å². The van der Waals surface area contributed by atoms with Gasteiger partial charge in [0.2, 0.25) is 0 Å². The highest BCUT2D eigenvalue weighted by atomic mass is 79.9. The minimum Gasteiger partial charge on any atom is -0.330 e. The zero-order chi connectivity index (χ0) is 12.4. The molecule has 1 heterocycles. The van der Waals surface area contributed by atoms with E-state index < -0.39 is 0 Å². The fourth-order valence-corrected chi connectivity index (χ4v) is 2.17. The van der Waals surface area contributed by atoms with Gasteiger partial charge in [0.25, 0.3) is 0 Å². The largest absolute Gasteiger partial charge is 0.330 e. The number of hydrogen-bond acceptors (Lipinski definition) is 2. The normalized spacial score (nSPS) is 10.8. The summed E-state index contributed by atoms with van der Waals surface area (Å²) in [7, 11) is 1.91. The first kappa shape index (κ1) is 12.6. The molecular weight excluding hydrogens is 302 g/mol. The zero-order valence-corrected chi connectivity index (χ0v) is 11.8. The van der Waals surface area contributed by atoms with Crippen LogP contribution in [0.1, 0.15) is 5.69 Å². The fourth-order valence-electron chi connectivity index (χ4n) is 1.69. The summed E-state index contributed by atoms with van der Waals surface area (Å²) in [5.74, 6) is 0.867. The molecule has 0 fully saturated rings. The third-order valence-corrected chi connectivity index (χ3v) is 3.58. The Bertz CT molecular complexity index is 519. The molecule has 3 nitrogen and oxygen atoms in total. The number of nitrogens with two attached hydrogens (primary N) is 1. The third kappa shape index (κ3) is 2.54. The first-order chi connectivity index (χ1) is 8.13. The summed E-state index contributed by atoms with van der Waals surface area (Å²) in [5.41, 5.74) is 7.43. The molecule has 1 aromatic heterocycles. The maximum Gasteiger partial charge on any atom is 0.141 e. The van der Waals surface area contributed by atoms with E-state index in [1.807, 2.05) is 35.9 Å². The Morgan fingerprint density at radius 3 is 2.59 bits per heavy atom. The lowest BCUT2D eigenvalue weighted by Gasteiger charge is -2.02. The minimum absolute atomic E-state index is 0.552. The van der Waals surface area contributed by atoms with Crippen molar-refractivity contribution in [1.29, 1.82) is 0 Å². The molecule has 0 aliphatic carbocycles. The summed E-state index contributed by atoms with van der Waals surface area (Å²) in [6.45, 7) is 0.552. The Kier molecular flexibility index (Phi) is 3.86. The van der Waals surface area contributed by atoms with Crippen molar-refractivity contribution in [3.8, 4) is 11.4 Å². The molecule has 0 amide bonds. The van der Waals surface area contributed by atoms with Gasteiger partial charge in [-0.25, -0.2) is 4.98 Å². The van der Waals surface area contributed by atoms with Gasteiger partial charge in [-0.05, 0) is 18.7 Å². The fraction of sp³-hybridized carbons (Fsp3) is 0.250. The Labute approximate surface area is 114 Å². The zero-order valence-electron chi connectivity index (χ0n) is 9.45. The summed E-state index contributed by atoms with van der Waals surface area (Å²) in [5, 5.41) is 0.661. The molecule has 5 heteroatoms. The SMILES string of the molecule is Cn1c(-c2ccc(Br)cc2)nc(CCN)c1Cl. The number of hydrogen-bond donors (Lipinski definition) is 1. The first-order valence-electron chi connectivity index (χ1n) is 5.30. The van der Waals surface area contributed by atoms with Crippen LogP contribution in [0.2, 0.25) is 5.15 Å². The van der Waals surface area contributed by atoms with Gasteiger partial charge in [0.15, 0.2) is 0 Å². The summed E-state index contributed by atoms with van der Waals surface area (Å²) < 4.78 is 2.93. The number of rotatable bonds is 3. The average Bonchev–Trinajstić information content (AvgIpc) is 2.59. The number of halogens is 2. The van der Waals surface area contributed by atoms with Crippen molar-refractivity contribution in [3.63, 3.8) is 0 Å². The molecule has 0 aliphatic heterocycles. The van der Waals surface area contributed by atoms with Crippen molar-refractivity contribution in [2.45, 2.75) is 6.42 Å². The van der Waals surface area contributed by atoms with Crippen LogP contribution in [-0.4, -0.2) is 16.1 Å². The van der Waals surface area contributed by atoms with E-state index in [1.54, 1.807) is 0 Å². The molecule has 0 saturated heterocycles. The number of benzene rings is 1. The summed E-state index contributed by atoms with van der Waals surface area (Å²) in [6.07, 6.45) is 0.698. The number of imidazole rings is 1. The topological polar surface area (TPSA) is 43.8 Å². The van der Waals surface area contributed by atoms with Gasteiger partial charge in [-0.1, -0.05) is 39.7 Å².